The maximum Gasteiger partial charge on any atom is 0.308 e. The molecule has 3 atom stereocenters. The monoisotopic (exact) mass is 518 g/mol. The third-order valence-corrected chi connectivity index (χ3v) is 7.48. The van der Waals surface area contributed by atoms with Gasteiger partial charge in [-0.3, -0.25) is 19.3 Å². The summed E-state index contributed by atoms with van der Waals surface area (Å²) in [5.41, 5.74) is 6.55. The maximum absolute atomic E-state index is 13.4. The highest BCUT2D eigenvalue weighted by Gasteiger charge is 2.47. The van der Waals surface area contributed by atoms with Crippen LogP contribution in [0.1, 0.15) is 57.9 Å². The van der Waals surface area contributed by atoms with Crippen LogP contribution in [-0.2, 0) is 14.4 Å². The van der Waals surface area contributed by atoms with Crippen LogP contribution in [0.4, 0.5) is 0 Å². The van der Waals surface area contributed by atoms with Crippen molar-refractivity contribution < 1.29 is 29.0 Å². The lowest BCUT2D eigenvalue weighted by molar-refractivity contribution is -0.144. The third-order valence-electron chi connectivity index (χ3n) is 7.48. The van der Waals surface area contributed by atoms with Crippen molar-refractivity contribution in [1.82, 2.24) is 14.7 Å². The molecule has 10 heteroatoms. The van der Waals surface area contributed by atoms with Gasteiger partial charge in [0.2, 0.25) is 18.6 Å². The van der Waals surface area contributed by atoms with E-state index in [-0.39, 0.29) is 31.1 Å². The summed E-state index contributed by atoms with van der Waals surface area (Å²) in [4.78, 5) is 43.7. The number of aliphatic carboxylic acids is 1. The van der Waals surface area contributed by atoms with Gasteiger partial charge in [0.05, 0.1) is 12.5 Å². The van der Waals surface area contributed by atoms with Crippen LogP contribution in [0.15, 0.2) is 18.2 Å². The summed E-state index contributed by atoms with van der Waals surface area (Å²) < 4.78 is 11.0. The van der Waals surface area contributed by atoms with Gasteiger partial charge < -0.3 is 30.1 Å². The molecule has 0 aromatic heterocycles. The Labute approximate surface area is 219 Å². The summed E-state index contributed by atoms with van der Waals surface area (Å²) >= 11 is 0. The lowest BCUT2D eigenvalue weighted by Gasteiger charge is -2.31. The van der Waals surface area contributed by atoms with Crippen molar-refractivity contribution in [2.45, 2.75) is 58.4 Å². The molecule has 2 heterocycles. The van der Waals surface area contributed by atoms with Gasteiger partial charge in [-0.25, -0.2) is 0 Å². The second-order valence-electron chi connectivity index (χ2n) is 9.84. The summed E-state index contributed by atoms with van der Waals surface area (Å²) in [5, 5.41) is 10.4. The van der Waals surface area contributed by atoms with Crippen LogP contribution >= 0.6 is 0 Å². The molecular formula is C27H42N4O6. The number of unbranched alkanes of at least 4 members (excludes halogenated alkanes) is 1. The number of hydrogen-bond acceptors (Lipinski definition) is 7. The zero-order valence-electron chi connectivity index (χ0n) is 22.4. The molecule has 3 rings (SSSR count). The SMILES string of the molecule is CCCCN(CCCN)C(=O)CN1CC(c2ccc3c(c2)OCO3)C(C(=O)O)C1CCN(CC)C(C)=O. The molecule has 1 fully saturated rings. The Balaban J connectivity index is 1.88. The molecule has 0 radical (unpaired) electrons. The molecule has 2 amide bonds. The van der Waals surface area contributed by atoms with Gasteiger partial charge in [-0.15, -0.1) is 0 Å². The second kappa shape index (κ2) is 13.6. The van der Waals surface area contributed by atoms with Crippen LogP contribution in [-0.4, -0.2) is 96.2 Å². The number of nitrogens with two attached hydrogens (primary N) is 1. The molecule has 0 spiro atoms. The maximum atomic E-state index is 13.4. The first-order valence-corrected chi connectivity index (χ1v) is 13.4. The first kappa shape index (κ1) is 28.7. The fourth-order valence-corrected chi connectivity index (χ4v) is 5.43. The molecule has 3 unspecified atom stereocenters. The van der Waals surface area contributed by atoms with Crippen molar-refractivity contribution >= 4 is 17.8 Å². The minimum atomic E-state index is -0.903. The third kappa shape index (κ3) is 7.13. The van der Waals surface area contributed by atoms with E-state index in [4.69, 9.17) is 15.2 Å². The highest BCUT2D eigenvalue weighted by Crippen LogP contribution is 2.42. The molecule has 2 aliphatic heterocycles. The first-order valence-electron chi connectivity index (χ1n) is 13.4. The lowest BCUT2D eigenvalue weighted by Crippen LogP contribution is -2.46. The number of hydrogen-bond donors (Lipinski definition) is 2. The van der Waals surface area contributed by atoms with Crippen LogP contribution in [0.2, 0.25) is 0 Å². The van der Waals surface area contributed by atoms with E-state index in [0.717, 1.165) is 24.8 Å². The number of likely N-dealkylation sites (tertiary alicyclic amines) is 1. The van der Waals surface area contributed by atoms with Gasteiger partial charge in [0.25, 0.3) is 0 Å². The normalized spacial score (nSPS) is 20.7. The average Bonchev–Trinajstić information content (AvgIpc) is 3.48. The summed E-state index contributed by atoms with van der Waals surface area (Å²) in [7, 11) is 0. The van der Waals surface area contributed by atoms with E-state index in [1.54, 1.807) is 4.90 Å². The van der Waals surface area contributed by atoms with Crippen molar-refractivity contribution in [2.24, 2.45) is 11.7 Å². The summed E-state index contributed by atoms with van der Waals surface area (Å²) in [5.74, 6) is -0.773. The smallest absolute Gasteiger partial charge is 0.308 e. The highest BCUT2D eigenvalue weighted by atomic mass is 16.7. The molecule has 10 nitrogen and oxygen atoms in total. The fraction of sp³-hybridized carbons (Fsp3) is 0.667. The molecule has 0 saturated carbocycles. The van der Waals surface area contributed by atoms with E-state index < -0.39 is 17.9 Å². The van der Waals surface area contributed by atoms with Crippen LogP contribution in [0.3, 0.4) is 0 Å². The van der Waals surface area contributed by atoms with E-state index in [1.165, 1.54) is 6.92 Å². The number of carboxylic acids is 1. The number of carboxylic acid groups (broad SMARTS) is 1. The topological polar surface area (TPSA) is 126 Å². The first-order chi connectivity index (χ1) is 17.8. The zero-order chi connectivity index (χ0) is 26.9. The van der Waals surface area contributed by atoms with Gasteiger partial charge in [-0.2, -0.15) is 0 Å². The Morgan fingerprint density at radius 1 is 1.08 bits per heavy atom. The van der Waals surface area contributed by atoms with E-state index in [2.05, 4.69) is 6.92 Å². The summed E-state index contributed by atoms with van der Waals surface area (Å²) in [6.45, 7) is 8.97. The largest absolute Gasteiger partial charge is 0.481 e. The molecular weight excluding hydrogens is 476 g/mol. The van der Waals surface area contributed by atoms with Crippen LogP contribution in [0.25, 0.3) is 0 Å². The molecule has 0 aliphatic carbocycles. The van der Waals surface area contributed by atoms with Gasteiger partial charge >= 0.3 is 5.97 Å². The molecule has 206 valence electrons. The molecule has 1 aromatic carbocycles. The van der Waals surface area contributed by atoms with Crippen LogP contribution < -0.4 is 15.2 Å². The van der Waals surface area contributed by atoms with E-state index in [1.807, 2.05) is 34.9 Å². The van der Waals surface area contributed by atoms with Gasteiger partial charge in [0, 0.05) is 51.6 Å². The summed E-state index contributed by atoms with van der Waals surface area (Å²) in [6.07, 6.45) is 3.07. The van der Waals surface area contributed by atoms with Crippen molar-refractivity contribution in [2.75, 3.05) is 52.6 Å². The number of carbonyl (C=O) groups excluding carboxylic acids is 2. The minimum absolute atomic E-state index is 0.0127. The number of amides is 2. The van der Waals surface area contributed by atoms with E-state index in [0.29, 0.717) is 57.2 Å². The van der Waals surface area contributed by atoms with Crippen molar-refractivity contribution in [3.05, 3.63) is 23.8 Å². The van der Waals surface area contributed by atoms with E-state index in [9.17, 15) is 19.5 Å². The van der Waals surface area contributed by atoms with Crippen molar-refractivity contribution in [3.63, 3.8) is 0 Å². The predicted octanol–water partition coefficient (Wildman–Crippen LogP) is 2.12. The Hall–Kier alpha value is -2.85. The van der Waals surface area contributed by atoms with Crippen LogP contribution in [0.5, 0.6) is 11.5 Å². The van der Waals surface area contributed by atoms with Gasteiger partial charge in [0.1, 0.15) is 0 Å². The Morgan fingerprint density at radius 3 is 2.46 bits per heavy atom. The molecule has 0 bridgehead atoms. The predicted molar refractivity (Wildman–Crippen MR) is 139 cm³/mol. The van der Waals surface area contributed by atoms with Gasteiger partial charge in [0.15, 0.2) is 11.5 Å². The second-order valence-corrected chi connectivity index (χ2v) is 9.84. The molecule has 3 N–H and O–H groups in total. The van der Waals surface area contributed by atoms with Crippen molar-refractivity contribution in [3.8, 4) is 11.5 Å². The standard InChI is InChI=1S/C27H42N4O6/c1-4-6-12-30(13-7-11-28)25(33)17-31-16-21(20-8-9-23-24(15-20)37-18-36-23)26(27(34)35)22(31)10-14-29(5-2)19(3)32/h8-9,15,21-22,26H,4-7,10-14,16-18,28H2,1-3H3,(H,34,35). The zero-order valence-corrected chi connectivity index (χ0v) is 22.4. The summed E-state index contributed by atoms with van der Waals surface area (Å²) in [6, 6.07) is 5.16. The van der Waals surface area contributed by atoms with Gasteiger partial charge in [-0.05, 0) is 50.4 Å². The Morgan fingerprint density at radius 2 is 1.81 bits per heavy atom. The Kier molecular flexibility index (Phi) is 10.6. The molecule has 2 aliphatic rings. The average molecular weight is 519 g/mol. The fourth-order valence-electron chi connectivity index (χ4n) is 5.43. The molecule has 1 aromatic rings. The Bertz CT molecular complexity index is 933. The lowest BCUT2D eigenvalue weighted by atomic mass is 9.84. The quantitative estimate of drug-likeness (QED) is 0.384. The van der Waals surface area contributed by atoms with E-state index >= 15 is 0 Å². The number of ether oxygens (including phenoxy) is 2. The number of carbonyl (C=O) groups is 3. The highest BCUT2D eigenvalue weighted by molar-refractivity contribution is 5.79. The minimum Gasteiger partial charge on any atom is -0.481 e. The molecule has 1 saturated heterocycles. The van der Waals surface area contributed by atoms with Gasteiger partial charge in [-0.1, -0.05) is 19.4 Å². The number of nitrogens with zero attached hydrogens (tertiary/aromatic N) is 3. The number of rotatable bonds is 14. The van der Waals surface area contributed by atoms with Crippen LogP contribution in [0, 0.1) is 5.92 Å². The number of fused-ring (bicyclic) bond motifs is 1. The molecule has 37 heavy (non-hydrogen) atoms. The van der Waals surface area contributed by atoms with Crippen molar-refractivity contribution in [1.29, 1.82) is 0 Å². The number of benzene rings is 1.